The first-order chi connectivity index (χ1) is 6.31. The summed E-state index contributed by atoms with van der Waals surface area (Å²) in [5.41, 5.74) is 3.18. The summed E-state index contributed by atoms with van der Waals surface area (Å²) in [6.07, 6.45) is 3.03. The lowest BCUT2D eigenvalue weighted by Gasteiger charge is -2.16. The molecular formula is C10H10BrNO. The molecule has 1 aromatic carbocycles. The topological polar surface area (TPSA) is 32.6 Å². The second-order valence-corrected chi connectivity index (χ2v) is 4.12. The number of halogens is 1. The molecule has 0 saturated carbocycles. The molecule has 68 valence electrons. The first-order valence-electron chi connectivity index (χ1n) is 4.31. The number of nitrogens with zero attached hydrogens (tertiary/aromatic N) is 1. The lowest BCUT2D eigenvalue weighted by Crippen LogP contribution is -2.11. The summed E-state index contributed by atoms with van der Waals surface area (Å²) in [5.74, 6) is 0. The number of benzene rings is 1. The van der Waals surface area contributed by atoms with Gasteiger partial charge in [-0.15, -0.1) is 0 Å². The van der Waals surface area contributed by atoms with E-state index in [1.165, 1.54) is 5.56 Å². The van der Waals surface area contributed by atoms with Crippen LogP contribution in [0.15, 0.2) is 27.8 Å². The molecule has 0 amide bonds. The predicted octanol–water partition coefficient (Wildman–Crippen LogP) is 2.96. The van der Waals surface area contributed by atoms with E-state index < -0.39 is 0 Å². The highest BCUT2D eigenvalue weighted by molar-refractivity contribution is 9.10. The molecule has 1 aromatic rings. The van der Waals surface area contributed by atoms with Gasteiger partial charge in [0.2, 0.25) is 0 Å². The Hall–Kier alpha value is -0.830. The van der Waals surface area contributed by atoms with Crippen LogP contribution in [0.25, 0.3) is 0 Å². The van der Waals surface area contributed by atoms with Gasteiger partial charge >= 0.3 is 0 Å². The SMILES string of the molecule is O/N=C1/CCCc2cc(Br)ccc21. The molecular weight excluding hydrogens is 230 g/mol. The first-order valence-corrected chi connectivity index (χ1v) is 5.10. The van der Waals surface area contributed by atoms with Crippen molar-refractivity contribution in [2.45, 2.75) is 19.3 Å². The van der Waals surface area contributed by atoms with E-state index in [1.54, 1.807) is 0 Å². The van der Waals surface area contributed by atoms with E-state index in [0.717, 1.165) is 35.0 Å². The van der Waals surface area contributed by atoms with Crippen LogP contribution < -0.4 is 0 Å². The molecule has 0 atom stereocenters. The van der Waals surface area contributed by atoms with Gasteiger partial charge in [-0.05, 0) is 37.0 Å². The Morgan fingerprint density at radius 3 is 2.92 bits per heavy atom. The van der Waals surface area contributed by atoms with Crippen molar-refractivity contribution in [2.75, 3.05) is 0 Å². The third-order valence-electron chi connectivity index (χ3n) is 2.36. The molecule has 3 heteroatoms. The number of hydrogen-bond acceptors (Lipinski definition) is 2. The Bertz CT molecular complexity index is 360. The van der Waals surface area contributed by atoms with Gasteiger partial charge in [-0.3, -0.25) is 0 Å². The lowest BCUT2D eigenvalue weighted by atomic mass is 9.90. The molecule has 0 unspecified atom stereocenters. The second kappa shape index (κ2) is 3.50. The van der Waals surface area contributed by atoms with Gasteiger partial charge in [0.25, 0.3) is 0 Å². The van der Waals surface area contributed by atoms with Crippen LogP contribution in [0.5, 0.6) is 0 Å². The average Bonchev–Trinajstić information content (AvgIpc) is 2.16. The summed E-state index contributed by atoms with van der Waals surface area (Å²) in [7, 11) is 0. The standard InChI is InChI=1S/C10H10BrNO/c11-8-4-5-9-7(6-8)2-1-3-10(9)12-13/h4-6,13H,1-3H2/b12-10-. The highest BCUT2D eigenvalue weighted by Crippen LogP contribution is 2.24. The van der Waals surface area contributed by atoms with Gasteiger partial charge in [0.15, 0.2) is 0 Å². The molecule has 0 saturated heterocycles. The Morgan fingerprint density at radius 2 is 2.15 bits per heavy atom. The second-order valence-electron chi connectivity index (χ2n) is 3.20. The highest BCUT2D eigenvalue weighted by atomic mass is 79.9. The van der Waals surface area contributed by atoms with Crippen LogP contribution in [-0.4, -0.2) is 10.9 Å². The molecule has 13 heavy (non-hydrogen) atoms. The fourth-order valence-corrected chi connectivity index (χ4v) is 2.14. The summed E-state index contributed by atoms with van der Waals surface area (Å²) >= 11 is 3.43. The van der Waals surface area contributed by atoms with Crippen molar-refractivity contribution < 1.29 is 5.21 Å². The maximum atomic E-state index is 8.78. The maximum absolute atomic E-state index is 8.78. The molecule has 0 spiro atoms. The third-order valence-corrected chi connectivity index (χ3v) is 2.85. The van der Waals surface area contributed by atoms with Crippen LogP contribution in [0.3, 0.4) is 0 Å². The lowest BCUT2D eigenvalue weighted by molar-refractivity contribution is 0.317. The van der Waals surface area contributed by atoms with Crippen LogP contribution in [-0.2, 0) is 6.42 Å². The zero-order chi connectivity index (χ0) is 9.26. The Labute approximate surface area is 85.4 Å². The Morgan fingerprint density at radius 1 is 1.31 bits per heavy atom. The van der Waals surface area contributed by atoms with Crippen molar-refractivity contribution in [3.05, 3.63) is 33.8 Å². The van der Waals surface area contributed by atoms with Gasteiger partial charge in [-0.1, -0.05) is 27.2 Å². The van der Waals surface area contributed by atoms with Crippen molar-refractivity contribution in [3.8, 4) is 0 Å². The molecule has 1 aliphatic carbocycles. The summed E-state index contributed by atoms with van der Waals surface area (Å²) in [6.45, 7) is 0. The van der Waals surface area contributed by atoms with E-state index in [9.17, 15) is 0 Å². The number of hydrogen-bond donors (Lipinski definition) is 1. The minimum atomic E-state index is 0.814. The van der Waals surface area contributed by atoms with Crippen molar-refractivity contribution in [3.63, 3.8) is 0 Å². The van der Waals surface area contributed by atoms with Crippen LogP contribution >= 0.6 is 15.9 Å². The number of fused-ring (bicyclic) bond motifs is 1. The smallest absolute Gasteiger partial charge is 0.0870 e. The summed E-state index contributed by atoms with van der Waals surface area (Å²) in [5, 5.41) is 12.1. The van der Waals surface area contributed by atoms with Crippen LogP contribution in [0.2, 0.25) is 0 Å². The average molecular weight is 240 g/mol. The maximum Gasteiger partial charge on any atom is 0.0870 e. The van der Waals surface area contributed by atoms with Crippen molar-refractivity contribution in [1.29, 1.82) is 0 Å². The molecule has 0 aromatic heterocycles. The monoisotopic (exact) mass is 239 g/mol. The minimum absolute atomic E-state index is 0.814. The Balaban J connectivity index is 2.52. The molecule has 1 aliphatic rings. The van der Waals surface area contributed by atoms with Crippen molar-refractivity contribution >= 4 is 21.6 Å². The van der Waals surface area contributed by atoms with E-state index in [-0.39, 0.29) is 0 Å². The van der Waals surface area contributed by atoms with Gasteiger partial charge < -0.3 is 5.21 Å². The summed E-state index contributed by atoms with van der Waals surface area (Å²) in [4.78, 5) is 0. The van der Waals surface area contributed by atoms with Crippen LogP contribution in [0.1, 0.15) is 24.0 Å². The highest BCUT2D eigenvalue weighted by Gasteiger charge is 2.15. The largest absolute Gasteiger partial charge is 0.411 e. The van der Waals surface area contributed by atoms with Gasteiger partial charge in [0, 0.05) is 10.0 Å². The van der Waals surface area contributed by atoms with E-state index in [2.05, 4.69) is 27.2 Å². The van der Waals surface area contributed by atoms with Crippen molar-refractivity contribution in [2.24, 2.45) is 5.16 Å². The summed E-state index contributed by atoms with van der Waals surface area (Å²) < 4.78 is 1.09. The molecule has 0 heterocycles. The van der Waals surface area contributed by atoms with Crippen molar-refractivity contribution in [1.82, 2.24) is 0 Å². The number of rotatable bonds is 0. The molecule has 2 rings (SSSR count). The summed E-state index contributed by atoms with van der Waals surface area (Å²) in [6, 6.07) is 6.09. The molecule has 2 nitrogen and oxygen atoms in total. The third kappa shape index (κ3) is 1.61. The Kier molecular flexibility index (Phi) is 2.36. The molecule has 0 aliphatic heterocycles. The molecule has 0 fully saturated rings. The normalized spacial score (nSPS) is 18.7. The first kappa shape index (κ1) is 8.75. The minimum Gasteiger partial charge on any atom is -0.411 e. The predicted molar refractivity (Wildman–Crippen MR) is 55.4 cm³/mol. The van der Waals surface area contributed by atoms with Gasteiger partial charge in [-0.25, -0.2) is 0 Å². The van der Waals surface area contributed by atoms with Gasteiger partial charge in [-0.2, -0.15) is 0 Å². The molecule has 0 bridgehead atoms. The number of oxime groups is 1. The molecule has 0 radical (unpaired) electrons. The van der Waals surface area contributed by atoms with E-state index >= 15 is 0 Å². The zero-order valence-corrected chi connectivity index (χ0v) is 8.71. The van der Waals surface area contributed by atoms with E-state index in [1.807, 2.05) is 12.1 Å². The quantitative estimate of drug-likeness (QED) is 0.548. The van der Waals surface area contributed by atoms with Gasteiger partial charge in [0.05, 0.1) is 5.71 Å². The van der Waals surface area contributed by atoms with E-state index in [0.29, 0.717) is 0 Å². The number of aryl methyl sites for hydroxylation is 1. The van der Waals surface area contributed by atoms with E-state index in [4.69, 9.17) is 5.21 Å². The zero-order valence-electron chi connectivity index (χ0n) is 7.13. The fraction of sp³-hybridized carbons (Fsp3) is 0.300. The fourth-order valence-electron chi connectivity index (χ4n) is 1.74. The molecule has 1 N–H and O–H groups in total. The van der Waals surface area contributed by atoms with Crippen LogP contribution in [0.4, 0.5) is 0 Å². The van der Waals surface area contributed by atoms with Gasteiger partial charge in [0.1, 0.15) is 0 Å². The van der Waals surface area contributed by atoms with Crippen LogP contribution in [0, 0.1) is 0 Å².